The number of hydrogen-bond acceptors (Lipinski definition) is 2. The normalized spacial score (nSPS) is 9.81. The van der Waals surface area contributed by atoms with Crippen molar-refractivity contribution in [1.29, 1.82) is 0 Å². The molecule has 0 saturated heterocycles. The summed E-state index contributed by atoms with van der Waals surface area (Å²) in [6, 6.07) is 12.1. The summed E-state index contributed by atoms with van der Waals surface area (Å²) >= 11 is 0. The Labute approximate surface area is 125 Å². The van der Waals surface area contributed by atoms with E-state index in [0.717, 1.165) is 28.2 Å². The van der Waals surface area contributed by atoms with Crippen molar-refractivity contribution in [2.75, 3.05) is 0 Å². The van der Waals surface area contributed by atoms with E-state index in [0.29, 0.717) is 6.42 Å². The first-order valence-electron chi connectivity index (χ1n) is 7.12. The predicted octanol–water partition coefficient (Wildman–Crippen LogP) is 3.91. The molecule has 0 N–H and O–H groups in total. The first-order valence-corrected chi connectivity index (χ1v) is 7.12. The van der Waals surface area contributed by atoms with E-state index < -0.39 is 0 Å². The molecule has 2 heterocycles. The first-order chi connectivity index (χ1) is 10.3. The Morgan fingerprint density at radius 1 is 1.10 bits per heavy atom. The highest BCUT2D eigenvalue weighted by Crippen LogP contribution is 2.20. The van der Waals surface area contributed by atoms with Crippen LogP contribution in [0.3, 0.4) is 0 Å². The number of aromatic nitrogens is 3. The summed E-state index contributed by atoms with van der Waals surface area (Å²) < 4.78 is 1.87. The number of aryl methyl sites for hydroxylation is 1. The molecule has 0 bridgehead atoms. The van der Waals surface area contributed by atoms with Gasteiger partial charge in [-0.25, -0.2) is 9.50 Å². The van der Waals surface area contributed by atoms with Gasteiger partial charge in [0, 0.05) is 12.0 Å². The minimum atomic E-state index is 0.658. The van der Waals surface area contributed by atoms with E-state index in [1.807, 2.05) is 55.7 Å². The maximum atomic E-state index is 5.31. The summed E-state index contributed by atoms with van der Waals surface area (Å²) in [5.74, 6) is 2.65. The number of benzene rings is 1. The second-order valence-corrected chi connectivity index (χ2v) is 4.47. The van der Waals surface area contributed by atoms with Crippen LogP contribution in [0.15, 0.2) is 42.6 Å². The topological polar surface area (TPSA) is 30.2 Å². The van der Waals surface area contributed by atoms with Crippen molar-refractivity contribution in [3.8, 4) is 23.6 Å². The molecule has 0 atom stereocenters. The number of fused-ring (bicyclic) bond motifs is 1. The Balaban J connectivity index is 0.000000774. The zero-order chi connectivity index (χ0) is 15.2. The Kier molecular flexibility index (Phi) is 4.73. The molecular formula is C18H19N3. The van der Waals surface area contributed by atoms with Crippen LogP contribution in [0.5, 0.6) is 0 Å². The van der Waals surface area contributed by atoms with E-state index in [1.165, 1.54) is 0 Å². The van der Waals surface area contributed by atoms with E-state index in [-0.39, 0.29) is 0 Å². The van der Waals surface area contributed by atoms with E-state index in [1.54, 1.807) is 0 Å². The fourth-order valence-corrected chi connectivity index (χ4v) is 2.07. The highest BCUT2D eigenvalue weighted by Gasteiger charge is 2.06. The van der Waals surface area contributed by atoms with Gasteiger partial charge in [0.2, 0.25) is 0 Å². The van der Waals surface area contributed by atoms with Crippen molar-refractivity contribution in [2.45, 2.75) is 27.2 Å². The van der Waals surface area contributed by atoms with Gasteiger partial charge in [-0.3, -0.25) is 0 Å². The van der Waals surface area contributed by atoms with Gasteiger partial charge in [-0.1, -0.05) is 38.1 Å². The van der Waals surface area contributed by atoms with Gasteiger partial charge in [0.05, 0.1) is 17.6 Å². The molecule has 0 radical (unpaired) electrons. The van der Waals surface area contributed by atoms with Gasteiger partial charge in [-0.15, -0.1) is 12.3 Å². The van der Waals surface area contributed by atoms with Crippen LogP contribution in [-0.4, -0.2) is 14.6 Å². The molecule has 3 aromatic rings. The van der Waals surface area contributed by atoms with Gasteiger partial charge in [-0.05, 0) is 24.6 Å². The van der Waals surface area contributed by atoms with Crippen LogP contribution in [-0.2, 0) is 6.42 Å². The zero-order valence-electron chi connectivity index (χ0n) is 12.7. The summed E-state index contributed by atoms with van der Waals surface area (Å²) in [4.78, 5) is 4.36. The van der Waals surface area contributed by atoms with Crippen molar-refractivity contribution >= 4 is 5.65 Å². The maximum Gasteiger partial charge on any atom is 0.154 e. The molecule has 0 spiro atoms. The van der Waals surface area contributed by atoms with Crippen LogP contribution in [0.25, 0.3) is 16.9 Å². The maximum absolute atomic E-state index is 5.31. The summed E-state index contributed by atoms with van der Waals surface area (Å²) in [6.45, 7) is 5.97. The van der Waals surface area contributed by atoms with Crippen LogP contribution >= 0.6 is 0 Å². The van der Waals surface area contributed by atoms with Crippen molar-refractivity contribution in [1.82, 2.24) is 14.6 Å². The van der Waals surface area contributed by atoms with Crippen molar-refractivity contribution in [2.24, 2.45) is 0 Å². The van der Waals surface area contributed by atoms with E-state index in [4.69, 9.17) is 6.42 Å². The molecule has 106 valence electrons. The molecule has 0 aliphatic carbocycles. The zero-order valence-corrected chi connectivity index (χ0v) is 12.7. The average Bonchev–Trinajstić information content (AvgIpc) is 2.93. The highest BCUT2D eigenvalue weighted by atomic mass is 15.3. The molecular weight excluding hydrogens is 258 g/mol. The third-order valence-corrected chi connectivity index (χ3v) is 3.05. The van der Waals surface area contributed by atoms with Crippen molar-refractivity contribution in [3.63, 3.8) is 0 Å². The molecule has 3 rings (SSSR count). The van der Waals surface area contributed by atoms with Crippen LogP contribution in [0.4, 0.5) is 0 Å². The average molecular weight is 277 g/mol. The van der Waals surface area contributed by atoms with Crippen molar-refractivity contribution in [3.05, 3.63) is 53.9 Å². The largest absolute Gasteiger partial charge is 0.235 e. The second-order valence-electron chi connectivity index (χ2n) is 4.47. The number of imidazole rings is 1. The number of nitrogens with zero attached hydrogens (tertiary/aromatic N) is 3. The van der Waals surface area contributed by atoms with E-state index >= 15 is 0 Å². The summed E-state index contributed by atoms with van der Waals surface area (Å²) in [6.07, 6.45) is 7.81. The molecule has 0 fully saturated rings. The lowest BCUT2D eigenvalue weighted by molar-refractivity contribution is 0.907. The number of terminal acetylenes is 1. The summed E-state index contributed by atoms with van der Waals surface area (Å²) in [5, 5.41) is 4.49. The number of rotatable bonds is 2. The summed E-state index contributed by atoms with van der Waals surface area (Å²) in [7, 11) is 0. The molecule has 0 unspecified atom stereocenters. The van der Waals surface area contributed by atoms with E-state index in [9.17, 15) is 0 Å². The highest BCUT2D eigenvalue weighted by molar-refractivity contribution is 5.63. The molecule has 2 aromatic heterocycles. The Morgan fingerprint density at radius 2 is 1.81 bits per heavy atom. The van der Waals surface area contributed by atoms with Gasteiger partial charge in [0.1, 0.15) is 0 Å². The molecule has 1 aromatic carbocycles. The molecule has 3 heteroatoms. The van der Waals surface area contributed by atoms with Crippen LogP contribution in [0.1, 0.15) is 25.1 Å². The molecule has 0 amide bonds. The standard InChI is InChI=1S/C16H13N3.C2H6/c1-3-4-13-6-8-14(9-7-13)15-11-17-16-10-5-12(2)18-19(15)16;1-2/h1,5-11H,4H2,2H3;1-2H3. The Morgan fingerprint density at radius 3 is 2.48 bits per heavy atom. The molecule has 0 aliphatic rings. The SMILES string of the molecule is C#CCc1ccc(-c2cnc3ccc(C)nn23)cc1.CC. The summed E-state index contributed by atoms with van der Waals surface area (Å²) in [5.41, 5.74) is 5.05. The lowest BCUT2D eigenvalue weighted by Crippen LogP contribution is -1.96. The lowest BCUT2D eigenvalue weighted by Gasteiger charge is -2.03. The molecule has 0 saturated carbocycles. The lowest BCUT2D eigenvalue weighted by atomic mass is 10.1. The Hall–Kier alpha value is -2.60. The Bertz CT molecular complexity index is 761. The van der Waals surface area contributed by atoms with Gasteiger partial charge >= 0.3 is 0 Å². The minimum absolute atomic E-state index is 0.658. The fraction of sp³-hybridized carbons (Fsp3) is 0.222. The van der Waals surface area contributed by atoms with Gasteiger partial charge < -0.3 is 0 Å². The third-order valence-electron chi connectivity index (χ3n) is 3.05. The monoisotopic (exact) mass is 277 g/mol. The second kappa shape index (κ2) is 6.71. The first kappa shape index (κ1) is 14.8. The smallest absolute Gasteiger partial charge is 0.154 e. The van der Waals surface area contributed by atoms with Gasteiger partial charge in [0.25, 0.3) is 0 Å². The quantitative estimate of drug-likeness (QED) is 0.665. The molecule has 0 aliphatic heterocycles. The molecule has 3 nitrogen and oxygen atoms in total. The molecule has 21 heavy (non-hydrogen) atoms. The van der Waals surface area contributed by atoms with Gasteiger partial charge in [-0.2, -0.15) is 5.10 Å². The number of hydrogen-bond donors (Lipinski definition) is 0. The predicted molar refractivity (Wildman–Crippen MR) is 87.0 cm³/mol. The van der Waals surface area contributed by atoms with E-state index in [2.05, 4.69) is 28.1 Å². The van der Waals surface area contributed by atoms with Crippen LogP contribution in [0, 0.1) is 19.3 Å². The van der Waals surface area contributed by atoms with Gasteiger partial charge in [0.15, 0.2) is 5.65 Å². The fourth-order valence-electron chi connectivity index (χ4n) is 2.07. The minimum Gasteiger partial charge on any atom is -0.235 e. The third kappa shape index (κ3) is 3.11. The van der Waals surface area contributed by atoms with Crippen LogP contribution in [0.2, 0.25) is 0 Å². The van der Waals surface area contributed by atoms with Crippen LogP contribution < -0.4 is 0 Å². The van der Waals surface area contributed by atoms with Crippen molar-refractivity contribution < 1.29 is 0 Å².